The van der Waals surface area contributed by atoms with Gasteiger partial charge in [0, 0.05) is 24.2 Å². The molecule has 1 aromatic heterocycles. The molecule has 0 fully saturated rings. The van der Waals surface area contributed by atoms with Crippen LogP contribution in [0, 0.1) is 11.3 Å². The van der Waals surface area contributed by atoms with Gasteiger partial charge in [0.05, 0.1) is 17.0 Å². The Kier molecular flexibility index (Phi) is 5.91. The van der Waals surface area contributed by atoms with Crippen molar-refractivity contribution in [2.24, 2.45) is 0 Å². The topological polar surface area (TPSA) is 45.0 Å². The number of rotatable bonds is 7. The van der Waals surface area contributed by atoms with E-state index in [9.17, 15) is 0 Å². The van der Waals surface area contributed by atoms with Crippen molar-refractivity contribution in [3.63, 3.8) is 0 Å². The van der Waals surface area contributed by atoms with Crippen LogP contribution in [-0.2, 0) is 0 Å². The molecule has 2 rings (SSSR count). The van der Waals surface area contributed by atoms with E-state index in [0.717, 1.165) is 22.2 Å². The van der Waals surface area contributed by atoms with Gasteiger partial charge in [0.2, 0.25) is 0 Å². The van der Waals surface area contributed by atoms with Crippen LogP contribution in [0.15, 0.2) is 35.7 Å². The molecule has 0 aliphatic rings. The molecule has 1 atom stereocenters. The second kappa shape index (κ2) is 7.92. The standard InChI is InChI=1S/C16H17ClN2OS/c1-12(13-9-16(17)21-11-13)19-14-5-4-6-15(10-14)20-8-3-2-7-18/h4-6,9-12,19H,2-3,8H2,1H3. The van der Waals surface area contributed by atoms with Gasteiger partial charge in [-0.2, -0.15) is 5.26 Å². The van der Waals surface area contributed by atoms with Crippen LogP contribution in [0.25, 0.3) is 0 Å². The summed E-state index contributed by atoms with van der Waals surface area (Å²) in [5, 5.41) is 14.0. The lowest BCUT2D eigenvalue weighted by molar-refractivity contribution is 0.313. The summed E-state index contributed by atoms with van der Waals surface area (Å²) in [6, 6.07) is 12.1. The van der Waals surface area contributed by atoms with Crippen LogP contribution in [0.4, 0.5) is 5.69 Å². The normalized spacial score (nSPS) is 11.7. The van der Waals surface area contributed by atoms with Crippen molar-refractivity contribution in [1.29, 1.82) is 5.26 Å². The van der Waals surface area contributed by atoms with E-state index in [1.807, 2.05) is 30.3 Å². The number of nitriles is 1. The highest BCUT2D eigenvalue weighted by Crippen LogP contribution is 2.28. The Morgan fingerprint density at radius 2 is 2.29 bits per heavy atom. The van der Waals surface area contributed by atoms with Crippen molar-refractivity contribution < 1.29 is 4.74 Å². The molecule has 110 valence electrons. The van der Waals surface area contributed by atoms with Crippen molar-refractivity contribution in [1.82, 2.24) is 0 Å². The zero-order chi connectivity index (χ0) is 15.1. The minimum atomic E-state index is 0.183. The van der Waals surface area contributed by atoms with Crippen LogP contribution in [0.5, 0.6) is 5.75 Å². The van der Waals surface area contributed by atoms with Gasteiger partial charge >= 0.3 is 0 Å². The first-order valence-corrected chi connectivity index (χ1v) is 8.05. The maximum atomic E-state index is 8.49. The van der Waals surface area contributed by atoms with E-state index < -0.39 is 0 Å². The molecule has 3 nitrogen and oxygen atoms in total. The Morgan fingerprint density at radius 3 is 3.00 bits per heavy atom. The summed E-state index contributed by atoms with van der Waals surface area (Å²) in [6.07, 6.45) is 1.27. The fourth-order valence-corrected chi connectivity index (χ4v) is 2.89. The summed E-state index contributed by atoms with van der Waals surface area (Å²) in [5.74, 6) is 0.813. The molecule has 0 spiro atoms. The predicted octanol–water partition coefficient (Wildman–Crippen LogP) is 5.26. The quantitative estimate of drug-likeness (QED) is 0.708. The number of ether oxygens (including phenoxy) is 1. The third-order valence-corrected chi connectivity index (χ3v) is 4.12. The van der Waals surface area contributed by atoms with Gasteiger partial charge in [-0.25, -0.2) is 0 Å². The van der Waals surface area contributed by atoms with Crippen LogP contribution >= 0.6 is 22.9 Å². The Hall–Kier alpha value is -1.70. The molecule has 1 N–H and O–H groups in total. The van der Waals surface area contributed by atoms with E-state index in [0.29, 0.717) is 13.0 Å². The van der Waals surface area contributed by atoms with Gasteiger partial charge in [0.1, 0.15) is 5.75 Å². The van der Waals surface area contributed by atoms with E-state index in [2.05, 4.69) is 23.7 Å². The fourth-order valence-electron chi connectivity index (χ4n) is 1.90. The van der Waals surface area contributed by atoms with Crippen molar-refractivity contribution in [2.45, 2.75) is 25.8 Å². The molecule has 5 heteroatoms. The van der Waals surface area contributed by atoms with E-state index in [1.54, 1.807) is 0 Å². The number of hydrogen-bond acceptors (Lipinski definition) is 4. The Balaban J connectivity index is 1.93. The Bertz CT molecular complexity index is 621. The van der Waals surface area contributed by atoms with Crippen LogP contribution in [0.3, 0.4) is 0 Å². The smallest absolute Gasteiger partial charge is 0.121 e. The molecule has 2 aromatic rings. The number of unbranched alkanes of at least 4 members (excludes halogenated alkanes) is 1. The number of nitrogens with one attached hydrogen (secondary N) is 1. The van der Waals surface area contributed by atoms with Crippen LogP contribution in [-0.4, -0.2) is 6.61 Å². The summed E-state index contributed by atoms with van der Waals surface area (Å²) >= 11 is 7.50. The highest BCUT2D eigenvalue weighted by molar-refractivity contribution is 7.14. The monoisotopic (exact) mass is 320 g/mol. The zero-order valence-electron chi connectivity index (χ0n) is 11.8. The van der Waals surface area contributed by atoms with Gasteiger partial charge in [-0.1, -0.05) is 17.7 Å². The van der Waals surface area contributed by atoms with E-state index in [1.165, 1.54) is 16.9 Å². The maximum Gasteiger partial charge on any atom is 0.121 e. The Morgan fingerprint density at radius 1 is 1.43 bits per heavy atom. The van der Waals surface area contributed by atoms with Gasteiger partial charge in [0.15, 0.2) is 0 Å². The first kappa shape index (κ1) is 15.7. The lowest BCUT2D eigenvalue weighted by atomic mass is 10.1. The summed E-state index contributed by atoms with van der Waals surface area (Å²) < 4.78 is 6.43. The van der Waals surface area contributed by atoms with Crippen LogP contribution in [0.2, 0.25) is 4.34 Å². The van der Waals surface area contributed by atoms with Gasteiger partial charge in [-0.15, -0.1) is 11.3 Å². The Labute approximate surface area is 134 Å². The van der Waals surface area contributed by atoms with E-state index in [-0.39, 0.29) is 6.04 Å². The lowest BCUT2D eigenvalue weighted by Gasteiger charge is -2.15. The van der Waals surface area contributed by atoms with Crippen LogP contribution in [0.1, 0.15) is 31.4 Å². The van der Waals surface area contributed by atoms with Gasteiger partial charge in [-0.05, 0) is 42.5 Å². The second-order valence-corrected chi connectivity index (χ2v) is 6.23. The lowest BCUT2D eigenvalue weighted by Crippen LogP contribution is -2.05. The summed E-state index contributed by atoms with van der Waals surface area (Å²) in [5.41, 5.74) is 2.17. The van der Waals surface area contributed by atoms with Crippen molar-refractivity contribution in [3.05, 3.63) is 45.6 Å². The number of hydrogen-bond donors (Lipinski definition) is 1. The molecule has 0 saturated carbocycles. The van der Waals surface area contributed by atoms with Gasteiger partial charge in [-0.3, -0.25) is 0 Å². The fraction of sp³-hybridized carbons (Fsp3) is 0.312. The maximum absolute atomic E-state index is 8.49. The highest BCUT2D eigenvalue weighted by atomic mass is 35.5. The zero-order valence-corrected chi connectivity index (χ0v) is 13.4. The average Bonchev–Trinajstić information content (AvgIpc) is 2.91. The first-order valence-electron chi connectivity index (χ1n) is 6.79. The predicted molar refractivity (Wildman–Crippen MR) is 88.2 cm³/mol. The molecule has 0 saturated heterocycles. The molecule has 0 bridgehead atoms. The first-order chi connectivity index (χ1) is 10.2. The summed E-state index contributed by atoms with van der Waals surface area (Å²) in [4.78, 5) is 0. The third kappa shape index (κ3) is 4.96. The number of benzene rings is 1. The van der Waals surface area contributed by atoms with E-state index >= 15 is 0 Å². The number of halogens is 1. The van der Waals surface area contributed by atoms with Crippen molar-refractivity contribution >= 4 is 28.6 Å². The molecule has 0 aliphatic heterocycles. The molecule has 1 heterocycles. The van der Waals surface area contributed by atoms with Crippen molar-refractivity contribution in [2.75, 3.05) is 11.9 Å². The van der Waals surface area contributed by atoms with Crippen molar-refractivity contribution in [3.8, 4) is 11.8 Å². The third-order valence-electron chi connectivity index (χ3n) is 3.01. The second-order valence-electron chi connectivity index (χ2n) is 4.69. The van der Waals surface area contributed by atoms with Crippen LogP contribution < -0.4 is 10.1 Å². The summed E-state index contributed by atoms with van der Waals surface area (Å²) in [7, 11) is 0. The average molecular weight is 321 g/mol. The molecular formula is C16H17ClN2OS. The molecule has 0 amide bonds. The molecule has 21 heavy (non-hydrogen) atoms. The molecule has 0 aliphatic carbocycles. The SMILES string of the molecule is CC(Nc1cccc(OCCCC#N)c1)c1csc(Cl)c1. The molecular weight excluding hydrogens is 304 g/mol. The van der Waals surface area contributed by atoms with E-state index in [4.69, 9.17) is 21.6 Å². The highest BCUT2D eigenvalue weighted by Gasteiger charge is 2.08. The molecule has 1 unspecified atom stereocenters. The number of anilines is 1. The molecule has 0 radical (unpaired) electrons. The minimum absolute atomic E-state index is 0.183. The minimum Gasteiger partial charge on any atom is -0.493 e. The largest absolute Gasteiger partial charge is 0.493 e. The number of nitrogens with zero attached hydrogens (tertiary/aromatic N) is 1. The summed E-state index contributed by atoms with van der Waals surface area (Å²) in [6.45, 7) is 2.66. The van der Waals surface area contributed by atoms with Gasteiger partial charge in [0.25, 0.3) is 0 Å². The van der Waals surface area contributed by atoms with Gasteiger partial charge < -0.3 is 10.1 Å². The number of thiophene rings is 1. The molecule has 1 aromatic carbocycles.